The van der Waals surface area contributed by atoms with Crippen LogP contribution in [0, 0.1) is 0 Å². The number of anilines is 1. The Labute approximate surface area is 118 Å². The average Bonchev–Trinajstić information content (AvgIpc) is 2.76. The first kappa shape index (κ1) is 14.5. The van der Waals surface area contributed by atoms with Gasteiger partial charge in [-0.25, -0.2) is 0 Å². The van der Waals surface area contributed by atoms with E-state index < -0.39 is 0 Å². The summed E-state index contributed by atoms with van der Waals surface area (Å²) in [5.41, 5.74) is 2.25. The van der Waals surface area contributed by atoms with Gasteiger partial charge >= 0.3 is 0 Å². The zero-order chi connectivity index (χ0) is 14.5. The number of carbonyl (C=O) groups excluding carboxylic acids is 2. The minimum atomic E-state index is -0.126. The van der Waals surface area contributed by atoms with Crippen molar-refractivity contribution >= 4 is 17.5 Å². The van der Waals surface area contributed by atoms with Crippen LogP contribution in [0.25, 0.3) is 0 Å². The highest BCUT2D eigenvalue weighted by Gasteiger charge is 2.18. The molecule has 1 aromatic rings. The molecular weight excluding hydrogens is 256 g/mol. The molecule has 5 nitrogen and oxygen atoms in total. The van der Waals surface area contributed by atoms with Gasteiger partial charge in [0.1, 0.15) is 0 Å². The highest BCUT2D eigenvalue weighted by molar-refractivity contribution is 6.02. The Morgan fingerprint density at radius 3 is 3.00 bits per heavy atom. The lowest BCUT2D eigenvalue weighted by Crippen LogP contribution is -2.25. The van der Waals surface area contributed by atoms with E-state index in [1.807, 2.05) is 19.9 Å². The van der Waals surface area contributed by atoms with Crippen LogP contribution in [-0.2, 0) is 16.0 Å². The van der Waals surface area contributed by atoms with Crippen LogP contribution in [0.5, 0.6) is 0 Å². The maximum Gasteiger partial charge on any atom is 0.251 e. The summed E-state index contributed by atoms with van der Waals surface area (Å²) in [4.78, 5) is 23.2. The lowest BCUT2D eigenvalue weighted by Gasteiger charge is -2.09. The van der Waals surface area contributed by atoms with Crippen LogP contribution in [0.3, 0.4) is 0 Å². The molecule has 1 aromatic carbocycles. The van der Waals surface area contributed by atoms with E-state index >= 15 is 0 Å². The summed E-state index contributed by atoms with van der Waals surface area (Å²) in [6.07, 6.45) is 1.39. The van der Waals surface area contributed by atoms with E-state index in [-0.39, 0.29) is 17.9 Å². The molecule has 0 saturated heterocycles. The number of hydrogen-bond acceptors (Lipinski definition) is 3. The number of carbonyl (C=O) groups is 2. The van der Waals surface area contributed by atoms with Crippen molar-refractivity contribution in [3.05, 3.63) is 29.3 Å². The molecule has 20 heavy (non-hydrogen) atoms. The normalized spacial score (nSPS) is 13.2. The monoisotopic (exact) mass is 276 g/mol. The molecule has 0 saturated carbocycles. The van der Waals surface area contributed by atoms with Crippen LogP contribution in [-0.4, -0.2) is 31.1 Å². The highest BCUT2D eigenvalue weighted by Crippen LogP contribution is 2.23. The summed E-state index contributed by atoms with van der Waals surface area (Å²) in [7, 11) is 0. The molecule has 0 aliphatic carbocycles. The van der Waals surface area contributed by atoms with Crippen molar-refractivity contribution in [3.8, 4) is 0 Å². The summed E-state index contributed by atoms with van der Waals surface area (Å²) in [6.45, 7) is 5.18. The SMILES string of the molecule is CC(C)OCCCNC(=O)c1ccc2c(c1)NC(=O)C2. The maximum atomic E-state index is 12.0. The molecule has 2 N–H and O–H groups in total. The Hall–Kier alpha value is -1.88. The number of fused-ring (bicyclic) bond motifs is 1. The molecule has 0 radical (unpaired) electrons. The lowest BCUT2D eigenvalue weighted by atomic mass is 10.1. The van der Waals surface area contributed by atoms with E-state index in [0.29, 0.717) is 25.1 Å². The topological polar surface area (TPSA) is 67.4 Å². The van der Waals surface area contributed by atoms with Gasteiger partial charge in [-0.05, 0) is 38.0 Å². The second kappa shape index (κ2) is 6.52. The van der Waals surface area contributed by atoms with Gasteiger partial charge in [-0.3, -0.25) is 9.59 Å². The summed E-state index contributed by atoms with van der Waals surface area (Å²) in [6, 6.07) is 5.29. The summed E-state index contributed by atoms with van der Waals surface area (Å²) in [5.74, 6) is -0.151. The molecule has 2 rings (SSSR count). The van der Waals surface area contributed by atoms with E-state index in [9.17, 15) is 9.59 Å². The molecular formula is C15H20N2O3. The van der Waals surface area contributed by atoms with Crippen molar-refractivity contribution in [2.45, 2.75) is 32.8 Å². The van der Waals surface area contributed by atoms with Crippen molar-refractivity contribution in [2.24, 2.45) is 0 Å². The number of benzene rings is 1. The van der Waals surface area contributed by atoms with Crippen molar-refractivity contribution in [2.75, 3.05) is 18.5 Å². The van der Waals surface area contributed by atoms with Gasteiger partial charge in [0.05, 0.1) is 12.5 Å². The van der Waals surface area contributed by atoms with Crippen LogP contribution in [0.4, 0.5) is 5.69 Å². The Bertz CT molecular complexity index is 512. The van der Waals surface area contributed by atoms with Crippen LogP contribution in [0.2, 0.25) is 0 Å². The van der Waals surface area contributed by atoms with Gasteiger partial charge in [0, 0.05) is 24.4 Å². The second-order valence-electron chi connectivity index (χ2n) is 5.13. The largest absolute Gasteiger partial charge is 0.379 e. The molecule has 5 heteroatoms. The van der Waals surface area contributed by atoms with Gasteiger partial charge in [0.2, 0.25) is 5.91 Å². The Morgan fingerprint density at radius 2 is 2.25 bits per heavy atom. The predicted molar refractivity (Wildman–Crippen MR) is 76.8 cm³/mol. The summed E-state index contributed by atoms with van der Waals surface area (Å²) < 4.78 is 5.40. The number of rotatable bonds is 6. The molecule has 0 bridgehead atoms. The fourth-order valence-corrected chi connectivity index (χ4v) is 2.05. The van der Waals surface area contributed by atoms with Crippen molar-refractivity contribution in [1.82, 2.24) is 5.32 Å². The van der Waals surface area contributed by atoms with Gasteiger partial charge in [-0.2, -0.15) is 0 Å². The molecule has 0 aromatic heterocycles. The van der Waals surface area contributed by atoms with E-state index in [0.717, 1.165) is 17.7 Å². The first-order valence-corrected chi connectivity index (χ1v) is 6.89. The number of ether oxygens (including phenoxy) is 1. The van der Waals surface area contributed by atoms with Gasteiger partial charge in [-0.1, -0.05) is 6.07 Å². The van der Waals surface area contributed by atoms with Crippen LogP contribution in [0.1, 0.15) is 36.2 Å². The average molecular weight is 276 g/mol. The molecule has 2 amide bonds. The van der Waals surface area contributed by atoms with E-state index in [1.165, 1.54) is 0 Å². The first-order chi connectivity index (χ1) is 9.56. The van der Waals surface area contributed by atoms with Crippen molar-refractivity contribution in [3.63, 3.8) is 0 Å². The number of nitrogens with one attached hydrogen (secondary N) is 2. The molecule has 1 aliphatic rings. The minimum absolute atomic E-state index is 0.0246. The van der Waals surface area contributed by atoms with Gasteiger partial charge < -0.3 is 15.4 Å². The fourth-order valence-electron chi connectivity index (χ4n) is 2.05. The molecule has 0 atom stereocenters. The summed E-state index contributed by atoms with van der Waals surface area (Å²) in [5, 5.41) is 5.59. The lowest BCUT2D eigenvalue weighted by molar-refractivity contribution is -0.115. The Balaban J connectivity index is 1.81. The third kappa shape index (κ3) is 3.81. The predicted octanol–water partition coefficient (Wildman–Crippen LogP) is 1.73. The van der Waals surface area contributed by atoms with Gasteiger partial charge in [0.15, 0.2) is 0 Å². The zero-order valence-corrected chi connectivity index (χ0v) is 11.9. The highest BCUT2D eigenvalue weighted by atomic mass is 16.5. The van der Waals surface area contributed by atoms with E-state index in [2.05, 4.69) is 10.6 Å². The molecule has 1 heterocycles. The maximum absolute atomic E-state index is 12.0. The minimum Gasteiger partial charge on any atom is -0.379 e. The molecule has 0 spiro atoms. The molecule has 0 unspecified atom stereocenters. The quantitative estimate of drug-likeness (QED) is 0.777. The fraction of sp³-hybridized carbons (Fsp3) is 0.467. The molecule has 1 aliphatic heterocycles. The van der Waals surface area contributed by atoms with E-state index in [4.69, 9.17) is 4.74 Å². The Morgan fingerprint density at radius 1 is 1.45 bits per heavy atom. The van der Waals surface area contributed by atoms with Gasteiger partial charge in [0.25, 0.3) is 5.91 Å². The standard InChI is InChI=1S/C15H20N2O3/c1-10(2)20-7-3-6-16-15(19)12-5-4-11-9-14(18)17-13(11)8-12/h4-5,8,10H,3,6-7,9H2,1-2H3,(H,16,19)(H,17,18). The number of amides is 2. The van der Waals surface area contributed by atoms with E-state index in [1.54, 1.807) is 12.1 Å². The van der Waals surface area contributed by atoms with Crippen LogP contribution < -0.4 is 10.6 Å². The van der Waals surface area contributed by atoms with Crippen molar-refractivity contribution in [1.29, 1.82) is 0 Å². The smallest absolute Gasteiger partial charge is 0.251 e. The Kier molecular flexibility index (Phi) is 4.74. The molecule has 108 valence electrons. The summed E-state index contributed by atoms with van der Waals surface area (Å²) >= 11 is 0. The van der Waals surface area contributed by atoms with Crippen molar-refractivity contribution < 1.29 is 14.3 Å². The molecule has 0 fully saturated rings. The van der Waals surface area contributed by atoms with Crippen LogP contribution in [0.15, 0.2) is 18.2 Å². The first-order valence-electron chi connectivity index (χ1n) is 6.89. The van der Waals surface area contributed by atoms with Gasteiger partial charge in [-0.15, -0.1) is 0 Å². The van der Waals surface area contributed by atoms with Crippen LogP contribution >= 0.6 is 0 Å². The second-order valence-corrected chi connectivity index (χ2v) is 5.13. The third-order valence-electron chi connectivity index (χ3n) is 3.06. The number of hydrogen-bond donors (Lipinski definition) is 2. The zero-order valence-electron chi connectivity index (χ0n) is 11.9. The third-order valence-corrected chi connectivity index (χ3v) is 3.06.